The van der Waals surface area contributed by atoms with E-state index in [9.17, 15) is 9.59 Å². The van der Waals surface area contributed by atoms with Crippen molar-refractivity contribution in [1.29, 1.82) is 0 Å². The average molecular weight is 280 g/mol. The summed E-state index contributed by atoms with van der Waals surface area (Å²) < 4.78 is 0. The lowest BCUT2D eigenvalue weighted by Gasteiger charge is -2.39. The molecule has 4 nitrogen and oxygen atoms in total. The van der Waals surface area contributed by atoms with Crippen molar-refractivity contribution in [2.75, 3.05) is 0 Å². The zero-order valence-electron chi connectivity index (χ0n) is 13.0. The second-order valence-electron chi connectivity index (χ2n) is 7.11. The SMILES string of the molecule is CCC(C)(C)C1CCC(NC(=O)C(=O)NC2CC2)CC1. The lowest BCUT2D eigenvalue weighted by atomic mass is 9.69. The molecule has 0 saturated heterocycles. The van der Waals surface area contributed by atoms with Gasteiger partial charge in [0.05, 0.1) is 0 Å². The molecule has 2 saturated carbocycles. The van der Waals surface area contributed by atoms with Gasteiger partial charge in [-0.2, -0.15) is 0 Å². The van der Waals surface area contributed by atoms with Crippen LogP contribution in [-0.2, 0) is 9.59 Å². The summed E-state index contributed by atoms with van der Waals surface area (Å²) in [5.41, 5.74) is 0.387. The Morgan fingerprint density at radius 2 is 1.30 bits per heavy atom. The van der Waals surface area contributed by atoms with Crippen LogP contribution in [0.15, 0.2) is 0 Å². The van der Waals surface area contributed by atoms with Crippen LogP contribution in [0.5, 0.6) is 0 Å². The Kier molecular flexibility index (Phi) is 4.71. The molecule has 0 bridgehead atoms. The van der Waals surface area contributed by atoms with Crippen LogP contribution in [0.25, 0.3) is 0 Å². The topological polar surface area (TPSA) is 58.2 Å². The van der Waals surface area contributed by atoms with Crippen molar-refractivity contribution in [3.63, 3.8) is 0 Å². The third-order valence-electron chi connectivity index (χ3n) is 5.20. The van der Waals surface area contributed by atoms with Gasteiger partial charge in [-0.05, 0) is 49.9 Å². The second-order valence-corrected chi connectivity index (χ2v) is 7.11. The van der Waals surface area contributed by atoms with Gasteiger partial charge in [0, 0.05) is 12.1 Å². The van der Waals surface area contributed by atoms with E-state index in [0.29, 0.717) is 5.41 Å². The molecule has 0 atom stereocenters. The van der Waals surface area contributed by atoms with Crippen LogP contribution in [0.3, 0.4) is 0 Å². The number of nitrogens with one attached hydrogen (secondary N) is 2. The van der Waals surface area contributed by atoms with Gasteiger partial charge in [-0.15, -0.1) is 0 Å². The largest absolute Gasteiger partial charge is 0.345 e. The highest BCUT2D eigenvalue weighted by molar-refractivity contribution is 6.35. The Morgan fingerprint density at radius 3 is 1.65 bits per heavy atom. The van der Waals surface area contributed by atoms with Crippen LogP contribution in [-0.4, -0.2) is 23.9 Å². The molecule has 0 radical (unpaired) electrons. The van der Waals surface area contributed by atoms with Gasteiger partial charge in [0.1, 0.15) is 0 Å². The molecule has 2 amide bonds. The number of hydrogen-bond donors (Lipinski definition) is 2. The van der Waals surface area contributed by atoms with E-state index in [-0.39, 0.29) is 12.1 Å². The molecular weight excluding hydrogens is 252 g/mol. The molecule has 0 unspecified atom stereocenters. The van der Waals surface area contributed by atoms with Crippen LogP contribution < -0.4 is 10.6 Å². The third kappa shape index (κ3) is 3.97. The second kappa shape index (κ2) is 6.15. The molecule has 2 rings (SSSR count). The first kappa shape index (κ1) is 15.3. The summed E-state index contributed by atoms with van der Waals surface area (Å²) in [7, 11) is 0. The Hall–Kier alpha value is -1.06. The molecule has 2 aliphatic carbocycles. The Balaban J connectivity index is 1.73. The van der Waals surface area contributed by atoms with E-state index in [0.717, 1.165) is 44.4 Å². The molecule has 2 fully saturated rings. The average Bonchev–Trinajstić information content (AvgIpc) is 3.23. The van der Waals surface area contributed by atoms with Crippen molar-refractivity contribution in [2.45, 2.75) is 77.8 Å². The third-order valence-corrected chi connectivity index (χ3v) is 5.20. The van der Waals surface area contributed by atoms with Gasteiger partial charge in [-0.1, -0.05) is 27.2 Å². The highest BCUT2D eigenvalue weighted by Gasteiger charge is 2.33. The van der Waals surface area contributed by atoms with Gasteiger partial charge in [0.15, 0.2) is 0 Å². The molecule has 0 aliphatic heterocycles. The summed E-state index contributed by atoms with van der Waals surface area (Å²) >= 11 is 0. The zero-order chi connectivity index (χ0) is 14.8. The van der Waals surface area contributed by atoms with Crippen LogP contribution in [0, 0.1) is 11.3 Å². The molecular formula is C16H28N2O2. The first-order valence-corrected chi connectivity index (χ1v) is 8.03. The van der Waals surface area contributed by atoms with E-state index in [4.69, 9.17) is 0 Å². The maximum Gasteiger partial charge on any atom is 0.309 e. The van der Waals surface area contributed by atoms with E-state index in [1.54, 1.807) is 0 Å². The Labute approximate surface area is 122 Å². The molecule has 0 spiro atoms. The Bertz CT molecular complexity index is 367. The quantitative estimate of drug-likeness (QED) is 0.777. The Morgan fingerprint density at radius 1 is 0.900 bits per heavy atom. The minimum absolute atomic E-state index is 0.177. The summed E-state index contributed by atoms with van der Waals surface area (Å²) in [6, 6.07) is 0.422. The van der Waals surface area contributed by atoms with E-state index in [1.165, 1.54) is 6.42 Å². The number of hydrogen-bond acceptors (Lipinski definition) is 2. The van der Waals surface area contributed by atoms with Crippen molar-refractivity contribution in [3.05, 3.63) is 0 Å². The van der Waals surface area contributed by atoms with Crippen molar-refractivity contribution in [3.8, 4) is 0 Å². The fourth-order valence-electron chi connectivity index (χ4n) is 3.04. The molecule has 0 aromatic carbocycles. The van der Waals surface area contributed by atoms with Gasteiger partial charge >= 0.3 is 11.8 Å². The molecule has 0 heterocycles. The van der Waals surface area contributed by atoms with E-state index in [1.807, 2.05) is 0 Å². The molecule has 0 aromatic rings. The fraction of sp³-hybridized carbons (Fsp3) is 0.875. The van der Waals surface area contributed by atoms with Crippen LogP contribution in [0.1, 0.15) is 65.7 Å². The monoisotopic (exact) mass is 280 g/mol. The molecule has 20 heavy (non-hydrogen) atoms. The normalized spacial score (nSPS) is 26.9. The predicted molar refractivity (Wildman–Crippen MR) is 79.1 cm³/mol. The van der Waals surface area contributed by atoms with E-state index < -0.39 is 11.8 Å². The van der Waals surface area contributed by atoms with Crippen molar-refractivity contribution < 1.29 is 9.59 Å². The van der Waals surface area contributed by atoms with E-state index in [2.05, 4.69) is 31.4 Å². The highest BCUT2D eigenvalue weighted by atomic mass is 16.2. The summed E-state index contributed by atoms with van der Waals surface area (Å²) in [6.07, 6.45) is 7.50. The summed E-state index contributed by atoms with van der Waals surface area (Å²) in [5, 5.41) is 5.63. The predicted octanol–water partition coefficient (Wildman–Crippen LogP) is 2.38. The van der Waals surface area contributed by atoms with Crippen LogP contribution in [0.4, 0.5) is 0 Å². The van der Waals surface area contributed by atoms with Gasteiger partial charge in [-0.3, -0.25) is 9.59 Å². The fourth-order valence-corrected chi connectivity index (χ4v) is 3.04. The van der Waals surface area contributed by atoms with Gasteiger partial charge in [0.2, 0.25) is 0 Å². The number of carbonyl (C=O) groups excluding carboxylic acids is 2. The maximum atomic E-state index is 11.8. The summed E-state index contributed by atoms with van der Waals surface area (Å²) in [5.74, 6) is -0.167. The minimum Gasteiger partial charge on any atom is -0.345 e. The van der Waals surface area contributed by atoms with E-state index >= 15 is 0 Å². The number of rotatable bonds is 4. The first-order valence-electron chi connectivity index (χ1n) is 8.03. The minimum atomic E-state index is -0.455. The first-order chi connectivity index (χ1) is 9.42. The maximum absolute atomic E-state index is 11.8. The van der Waals surface area contributed by atoms with Gasteiger partial charge < -0.3 is 10.6 Å². The van der Waals surface area contributed by atoms with Gasteiger partial charge in [0.25, 0.3) is 0 Å². The lowest BCUT2D eigenvalue weighted by molar-refractivity contribution is -0.139. The van der Waals surface area contributed by atoms with Crippen molar-refractivity contribution in [2.24, 2.45) is 11.3 Å². The van der Waals surface area contributed by atoms with Crippen molar-refractivity contribution in [1.82, 2.24) is 10.6 Å². The summed E-state index contributed by atoms with van der Waals surface area (Å²) in [6.45, 7) is 6.91. The molecule has 2 N–H and O–H groups in total. The number of amides is 2. The standard InChI is InChI=1S/C16H28N2O2/c1-4-16(2,3)11-5-7-12(8-6-11)17-14(19)15(20)18-13-9-10-13/h11-13H,4-10H2,1-3H3,(H,17,19)(H,18,20). The molecule has 2 aliphatic rings. The van der Waals surface area contributed by atoms with Gasteiger partial charge in [-0.25, -0.2) is 0 Å². The smallest absolute Gasteiger partial charge is 0.309 e. The van der Waals surface area contributed by atoms with Crippen LogP contribution >= 0.6 is 0 Å². The zero-order valence-corrected chi connectivity index (χ0v) is 13.0. The van der Waals surface area contributed by atoms with Crippen molar-refractivity contribution >= 4 is 11.8 Å². The summed E-state index contributed by atoms with van der Waals surface area (Å²) in [4.78, 5) is 23.4. The van der Waals surface area contributed by atoms with Crippen LogP contribution in [0.2, 0.25) is 0 Å². The lowest BCUT2D eigenvalue weighted by Crippen LogP contribution is -2.46. The highest BCUT2D eigenvalue weighted by Crippen LogP contribution is 2.40. The molecule has 4 heteroatoms. The molecule has 0 aromatic heterocycles. The molecule has 114 valence electrons. The number of carbonyl (C=O) groups is 2.